The molecule has 2 aliphatic heterocycles. The molecule has 1 fully saturated rings. The number of halogens is 4. The molecule has 0 unspecified atom stereocenters. The van der Waals surface area contributed by atoms with Crippen LogP contribution in [0.3, 0.4) is 0 Å². The molecule has 2 N–H and O–H groups in total. The maximum Gasteiger partial charge on any atom is 0.278 e. The summed E-state index contributed by atoms with van der Waals surface area (Å²) in [7, 11) is 0. The van der Waals surface area contributed by atoms with Crippen molar-refractivity contribution in [3.05, 3.63) is 62.6 Å². The zero-order chi connectivity index (χ0) is 25.8. The molecular formula is C23H24F4N4O4. The van der Waals surface area contributed by atoms with E-state index in [1.54, 1.807) is 6.92 Å². The number of hydrogen-bond donors (Lipinski definition) is 2. The van der Waals surface area contributed by atoms with Gasteiger partial charge in [0.25, 0.3) is 11.8 Å². The first-order chi connectivity index (χ1) is 16.4. The van der Waals surface area contributed by atoms with Crippen LogP contribution in [-0.2, 0) is 6.54 Å². The molecular weight excluding hydrogens is 472 g/mol. The van der Waals surface area contributed by atoms with E-state index in [1.807, 2.05) is 0 Å². The SMILES string of the molecule is Cc1cc(F)c(CNC(=O)c2cn3c(c(O)c2=O)C(=O)N2CN3[C@H](C)C[C@@H](C(F)F)[C@@H]2C)c(F)c1. The van der Waals surface area contributed by atoms with Crippen LogP contribution in [-0.4, -0.2) is 51.7 Å². The second-order valence-corrected chi connectivity index (χ2v) is 8.98. The summed E-state index contributed by atoms with van der Waals surface area (Å²) in [6.07, 6.45) is -1.64. The average molecular weight is 496 g/mol. The van der Waals surface area contributed by atoms with Crippen molar-refractivity contribution in [1.82, 2.24) is 14.9 Å². The van der Waals surface area contributed by atoms with Gasteiger partial charge in [-0.05, 0) is 44.9 Å². The molecule has 2 aliphatic rings. The van der Waals surface area contributed by atoms with E-state index in [4.69, 9.17) is 0 Å². The first kappa shape index (κ1) is 24.6. The van der Waals surface area contributed by atoms with Crippen molar-refractivity contribution >= 4 is 11.8 Å². The second kappa shape index (κ2) is 8.90. The maximum atomic E-state index is 14.1. The molecule has 35 heavy (non-hydrogen) atoms. The Labute approximate surface area is 197 Å². The summed E-state index contributed by atoms with van der Waals surface area (Å²) in [5.74, 6) is -5.75. The molecule has 188 valence electrons. The van der Waals surface area contributed by atoms with Crippen molar-refractivity contribution in [3.8, 4) is 5.75 Å². The summed E-state index contributed by atoms with van der Waals surface area (Å²) < 4.78 is 56.7. The number of aromatic nitrogens is 1. The van der Waals surface area contributed by atoms with Crippen LogP contribution in [0.5, 0.6) is 5.75 Å². The Balaban J connectivity index is 1.71. The van der Waals surface area contributed by atoms with Crippen molar-refractivity contribution in [1.29, 1.82) is 0 Å². The van der Waals surface area contributed by atoms with E-state index in [1.165, 1.54) is 18.9 Å². The van der Waals surface area contributed by atoms with Gasteiger partial charge in [-0.1, -0.05) is 0 Å². The van der Waals surface area contributed by atoms with E-state index in [0.717, 1.165) is 27.9 Å². The fraction of sp³-hybridized carbons (Fsp3) is 0.435. The van der Waals surface area contributed by atoms with Crippen molar-refractivity contribution in [2.75, 3.05) is 11.7 Å². The molecule has 8 nitrogen and oxygen atoms in total. The average Bonchev–Trinajstić information content (AvgIpc) is 2.89. The lowest BCUT2D eigenvalue weighted by Crippen LogP contribution is -2.57. The largest absolute Gasteiger partial charge is 0.502 e. The van der Waals surface area contributed by atoms with Gasteiger partial charge >= 0.3 is 0 Å². The molecule has 0 radical (unpaired) electrons. The highest BCUT2D eigenvalue weighted by atomic mass is 19.3. The maximum absolute atomic E-state index is 14.1. The lowest BCUT2D eigenvalue weighted by molar-refractivity contribution is 0.0207. The number of fused-ring (bicyclic) bond motifs is 4. The lowest BCUT2D eigenvalue weighted by atomic mass is 9.94. The van der Waals surface area contributed by atoms with Crippen LogP contribution in [0, 0.1) is 24.5 Å². The van der Waals surface area contributed by atoms with Crippen LogP contribution < -0.4 is 15.8 Å². The van der Waals surface area contributed by atoms with E-state index in [0.29, 0.717) is 5.56 Å². The van der Waals surface area contributed by atoms with Gasteiger partial charge in [-0.2, -0.15) is 0 Å². The molecule has 1 saturated heterocycles. The molecule has 3 atom stereocenters. The van der Waals surface area contributed by atoms with Gasteiger partial charge in [0.15, 0.2) is 11.4 Å². The van der Waals surface area contributed by atoms with E-state index in [9.17, 15) is 37.1 Å². The van der Waals surface area contributed by atoms with Gasteiger partial charge in [-0.25, -0.2) is 17.6 Å². The number of nitrogens with zero attached hydrogens (tertiary/aromatic N) is 3. The zero-order valence-corrected chi connectivity index (χ0v) is 19.2. The highest BCUT2D eigenvalue weighted by molar-refractivity contribution is 5.99. The molecule has 1 aromatic heterocycles. The molecule has 1 aromatic carbocycles. The topological polar surface area (TPSA) is 94.9 Å². The third-order valence-electron chi connectivity index (χ3n) is 6.71. The summed E-state index contributed by atoms with van der Waals surface area (Å²) >= 11 is 0. The smallest absolute Gasteiger partial charge is 0.278 e. The Kier molecular flexibility index (Phi) is 6.24. The number of aryl methyl sites for hydroxylation is 1. The molecule has 2 aromatic rings. The quantitative estimate of drug-likeness (QED) is 0.635. The number of rotatable bonds is 4. The third kappa shape index (κ3) is 4.10. The molecule has 2 bridgehead atoms. The Bertz CT molecular complexity index is 1240. The van der Waals surface area contributed by atoms with Crippen molar-refractivity contribution in [2.45, 2.75) is 52.2 Å². The van der Waals surface area contributed by atoms with Gasteiger partial charge in [0.1, 0.15) is 23.9 Å². The fourth-order valence-electron chi connectivity index (χ4n) is 4.66. The zero-order valence-electron chi connectivity index (χ0n) is 19.2. The van der Waals surface area contributed by atoms with Gasteiger partial charge < -0.3 is 15.3 Å². The van der Waals surface area contributed by atoms with Crippen LogP contribution in [0.4, 0.5) is 17.6 Å². The number of nitrogens with one attached hydrogen (secondary N) is 1. The fourth-order valence-corrected chi connectivity index (χ4v) is 4.66. The Morgan fingerprint density at radius 1 is 1.20 bits per heavy atom. The monoisotopic (exact) mass is 496 g/mol. The molecule has 2 amide bonds. The minimum Gasteiger partial charge on any atom is -0.502 e. The van der Waals surface area contributed by atoms with Crippen LogP contribution in [0.2, 0.25) is 0 Å². The normalized spacial score (nSPS) is 21.7. The van der Waals surface area contributed by atoms with Crippen LogP contribution in [0.25, 0.3) is 0 Å². The third-order valence-corrected chi connectivity index (χ3v) is 6.71. The van der Waals surface area contributed by atoms with Crippen LogP contribution in [0.15, 0.2) is 23.1 Å². The molecule has 3 heterocycles. The number of aromatic hydroxyl groups is 1. The van der Waals surface area contributed by atoms with Gasteiger partial charge in [0, 0.05) is 36.3 Å². The minimum absolute atomic E-state index is 0.0163. The summed E-state index contributed by atoms with van der Waals surface area (Å²) in [4.78, 5) is 39.8. The Morgan fingerprint density at radius 3 is 2.43 bits per heavy atom. The first-order valence-electron chi connectivity index (χ1n) is 11.0. The molecule has 4 rings (SSSR count). The minimum atomic E-state index is -2.69. The standard InChI is InChI=1S/C23H24F4N4O4/c1-10-4-16(24)14(17(25)5-10)7-28-22(34)15-8-30-18(20(33)19(15)32)23(35)29-9-31(30)11(2)6-13(12(29)3)21(26)27/h4-5,8,11-13,21,33H,6-7,9H2,1-3H3,(H,28,34)/t11-,12+,13-/m1/s1. The molecule has 0 spiro atoms. The van der Waals surface area contributed by atoms with Crippen LogP contribution >= 0.6 is 0 Å². The summed E-state index contributed by atoms with van der Waals surface area (Å²) in [5, 5.41) is 14.3. The Morgan fingerprint density at radius 2 is 1.83 bits per heavy atom. The van der Waals surface area contributed by atoms with E-state index >= 15 is 0 Å². The highest BCUT2D eigenvalue weighted by Gasteiger charge is 2.45. The van der Waals surface area contributed by atoms with Crippen molar-refractivity contribution in [2.24, 2.45) is 5.92 Å². The summed E-state index contributed by atoms with van der Waals surface area (Å²) in [6.45, 7) is 3.98. The number of pyridine rings is 1. The highest BCUT2D eigenvalue weighted by Crippen LogP contribution is 2.34. The van der Waals surface area contributed by atoms with Crippen LogP contribution in [0.1, 0.15) is 52.2 Å². The summed E-state index contributed by atoms with van der Waals surface area (Å²) in [6, 6.07) is 0.786. The molecule has 12 heteroatoms. The van der Waals surface area contributed by atoms with E-state index in [2.05, 4.69) is 5.32 Å². The number of benzene rings is 1. The molecule has 0 saturated carbocycles. The number of carbonyl (C=O) groups excluding carboxylic acids is 2. The van der Waals surface area contributed by atoms with Gasteiger partial charge in [0.05, 0.1) is 0 Å². The number of hydrogen-bond acceptors (Lipinski definition) is 5. The number of carbonyl (C=O) groups is 2. The van der Waals surface area contributed by atoms with Gasteiger partial charge in [-0.3, -0.25) is 24.1 Å². The van der Waals surface area contributed by atoms with Crippen molar-refractivity contribution < 1.29 is 32.3 Å². The van der Waals surface area contributed by atoms with E-state index < -0.39 is 82.4 Å². The van der Waals surface area contributed by atoms with Crippen molar-refractivity contribution in [3.63, 3.8) is 0 Å². The Hall–Kier alpha value is -3.57. The summed E-state index contributed by atoms with van der Waals surface area (Å²) in [5.41, 5.74) is -2.25. The predicted molar refractivity (Wildman–Crippen MR) is 117 cm³/mol. The number of amides is 2. The first-order valence-corrected chi connectivity index (χ1v) is 11.0. The predicted octanol–water partition coefficient (Wildman–Crippen LogP) is 2.48. The number of alkyl halides is 2. The van der Waals surface area contributed by atoms with E-state index in [-0.39, 0.29) is 13.1 Å². The van der Waals surface area contributed by atoms with Gasteiger partial charge in [0.2, 0.25) is 11.9 Å². The van der Waals surface area contributed by atoms with Gasteiger partial charge in [-0.15, -0.1) is 0 Å². The second-order valence-electron chi connectivity index (χ2n) is 8.98. The lowest BCUT2D eigenvalue weighted by Gasteiger charge is -2.42. The molecule has 0 aliphatic carbocycles.